The highest BCUT2D eigenvalue weighted by Crippen LogP contribution is 2.29. The maximum Gasteiger partial charge on any atom is 0.0722 e. The van der Waals surface area contributed by atoms with E-state index < -0.39 is 0 Å². The van der Waals surface area contributed by atoms with Crippen LogP contribution in [0.2, 0.25) is 0 Å². The molecule has 2 aromatic rings. The van der Waals surface area contributed by atoms with Gasteiger partial charge < -0.3 is 10.0 Å². The van der Waals surface area contributed by atoms with Gasteiger partial charge in [0.2, 0.25) is 0 Å². The van der Waals surface area contributed by atoms with Crippen LogP contribution in [0.25, 0.3) is 10.9 Å². The van der Waals surface area contributed by atoms with Gasteiger partial charge in [0.15, 0.2) is 0 Å². The molecule has 0 radical (unpaired) electrons. The van der Waals surface area contributed by atoms with Gasteiger partial charge >= 0.3 is 0 Å². The molecule has 3 nitrogen and oxygen atoms in total. The van der Waals surface area contributed by atoms with Gasteiger partial charge in [-0.3, -0.25) is 4.98 Å². The van der Waals surface area contributed by atoms with E-state index in [9.17, 15) is 5.11 Å². The van der Waals surface area contributed by atoms with Crippen molar-refractivity contribution in [1.82, 2.24) is 4.98 Å². The molecule has 3 rings (SSSR count). The van der Waals surface area contributed by atoms with Crippen molar-refractivity contribution in [3.05, 3.63) is 36.5 Å². The lowest BCUT2D eigenvalue weighted by molar-refractivity contribution is 0.0972. The second-order valence-corrected chi connectivity index (χ2v) is 5.13. The van der Waals surface area contributed by atoms with Crippen molar-refractivity contribution in [2.45, 2.75) is 19.4 Å². The predicted octanol–water partition coefficient (Wildman–Crippen LogP) is 2.44. The largest absolute Gasteiger partial charge is 0.393 e. The summed E-state index contributed by atoms with van der Waals surface area (Å²) in [7, 11) is 0. The Morgan fingerprint density at radius 2 is 2.11 bits per heavy atom. The first kappa shape index (κ1) is 11.5. The van der Waals surface area contributed by atoms with Gasteiger partial charge in [-0.15, -0.1) is 0 Å². The zero-order valence-electron chi connectivity index (χ0n) is 10.6. The zero-order valence-corrected chi connectivity index (χ0v) is 10.6. The van der Waals surface area contributed by atoms with Crippen molar-refractivity contribution in [2.75, 3.05) is 18.0 Å². The van der Waals surface area contributed by atoms with Crippen molar-refractivity contribution in [1.29, 1.82) is 0 Å². The topological polar surface area (TPSA) is 36.4 Å². The molecule has 0 amide bonds. The minimum absolute atomic E-state index is 0.158. The lowest BCUT2D eigenvalue weighted by Crippen LogP contribution is -2.42. The fourth-order valence-electron chi connectivity index (χ4n) is 2.71. The first-order valence-corrected chi connectivity index (χ1v) is 6.52. The molecule has 1 saturated heterocycles. The van der Waals surface area contributed by atoms with E-state index in [-0.39, 0.29) is 6.10 Å². The van der Waals surface area contributed by atoms with Gasteiger partial charge in [-0.1, -0.05) is 25.1 Å². The molecule has 0 aliphatic carbocycles. The molecule has 1 aromatic heterocycles. The number of fused-ring (bicyclic) bond motifs is 1. The Labute approximate surface area is 107 Å². The third kappa shape index (κ3) is 1.95. The first-order chi connectivity index (χ1) is 8.75. The van der Waals surface area contributed by atoms with Crippen molar-refractivity contribution in [3.63, 3.8) is 0 Å². The van der Waals surface area contributed by atoms with Crippen LogP contribution in [0.3, 0.4) is 0 Å². The van der Waals surface area contributed by atoms with Crippen LogP contribution < -0.4 is 4.90 Å². The fraction of sp³-hybridized carbons (Fsp3) is 0.400. The molecule has 0 spiro atoms. The summed E-state index contributed by atoms with van der Waals surface area (Å²) >= 11 is 0. The van der Waals surface area contributed by atoms with Crippen molar-refractivity contribution >= 4 is 16.6 Å². The Kier molecular flexibility index (Phi) is 2.92. The molecule has 2 heterocycles. The maximum absolute atomic E-state index is 9.82. The summed E-state index contributed by atoms with van der Waals surface area (Å²) in [5, 5.41) is 11.0. The van der Waals surface area contributed by atoms with Crippen molar-refractivity contribution in [2.24, 2.45) is 5.92 Å². The molecule has 18 heavy (non-hydrogen) atoms. The van der Waals surface area contributed by atoms with Crippen LogP contribution in [0.15, 0.2) is 36.5 Å². The Morgan fingerprint density at radius 1 is 1.28 bits per heavy atom. The highest BCUT2D eigenvalue weighted by atomic mass is 16.3. The van der Waals surface area contributed by atoms with Crippen LogP contribution in [0.4, 0.5) is 5.69 Å². The van der Waals surface area contributed by atoms with Crippen LogP contribution in [0, 0.1) is 5.92 Å². The molecule has 0 saturated carbocycles. The number of rotatable bonds is 1. The summed E-state index contributed by atoms with van der Waals surface area (Å²) in [5.41, 5.74) is 2.27. The second-order valence-electron chi connectivity index (χ2n) is 5.13. The number of aromatic nitrogens is 1. The molecule has 2 unspecified atom stereocenters. The van der Waals surface area contributed by atoms with E-state index in [1.54, 1.807) is 0 Å². The Morgan fingerprint density at radius 3 is 2.94 bits per heavy atom. The molecule has 2 atom stereocenters. The number of aliphatic hydroxyl groups is 1. The lowest BCUT2D eigenvalue weighted by atomic mass is 9.96. The number of benzene rings is 1. The van der Waals surface area contributed by atoms with Crippen molar-refractivity contribution < 1.29 is 5.11 Å². The quantitative estimate of drug-likeness (QED) is 0.834. The molecule has 94 valence electrons. The first-order valence-electron chi connectivity index (χ1n) is 6.52. The molecule has 1 aliphatic rings. The fourth-order valence-corrected chi connectivity index (χ4v) is 2.71. The van der Waals surface area contributed by atoms with E-state index in [0.29, 0.717) is 5.92 Å². The predicted molar refractivity (Wildman–Crippen MR) is 73.7 cm³/mol. The summed E-state index contributed by atoms with van der Waals surface area (Å²) < 4.78 is 0. The smallest absolute Gasteiger partial charge is 0.0722 e. The summed E-state index contributed by atoms with van der Waals surface area (Å²) in [6.45, 7) is 3.94. The van der Waals surface area contributed by atoms with Gasteiger partial charge in [-0.2, -0.15) is 0 Å². The number of anilines is 1. The van der Waals surface area contributed by atoms with Crippen LogP contribution in [0.1, 0.15) is 13.3 Å². The highest BCUT2D eigenvalue weighted by molar-refractivity contribution is 5.91. The van der Waals surface area contributed by atoms with E-state index in [1.165, 1.54) is 11.1 Å². The lowest BCUT2D eigenvalue weighted by Gasteiger charge is -2.36. The van der Waals surface area contributed by atoms with Gasteiger partial charge in [0, 0.05) is 30.4 Å². The normalized spacial score (nSPS) is 24.4. The van der Waals surface area contributed by atoms with Crippen LogP contribution in [-0.2, 0) is 0 Å². The number of pyridine rings is 1. The molecule has 3 heteroatoms. The standard InChI is InChI=1S/C15H18N2O/c1-11-10-17(9-7-15(11)18)14-6-8-16-13-5-3-2-4-12(13)14/h2-6,8,11,15,18H,7,9-10H2,1H3. The minimum atomic E-state index is -0.158. The molecule has 1 N–H and O–H groups in total. The number of para-hydroxylation sites is 1. The van der Waals surface area contributed by atoms with E-state index in [0.717, 1.165) is 25.0 Å². The average Bonchev–Trinajstić information content (AvgIpc) is 2.41. The van der Waals surface area contributed by atoms with E-state index in [2.05, 4.69) is 35.0 Å². The third-order valence-electron chi connectivity index (χ3n) is 3.83. The van der Waals surface area contributed by atoms with Gasteiger partial charge in [-0.05, 0) is 24.5 Å². The Bertz CT molecular complexity index is 550. The summed E-state index contributed by atoms with van der Waals surface area (Å²) in [4.78, 5) is 6.76. The van der Waals surface area contributed by atoms with E-state index in [4.69, 9.17) is 0 Å². The van der Waals surface area contributed by atoms with E-state index in [1.807, 2.05) is 18.3 Å². The zero-order chi connectivity index (χ0) is 12.5. The van der Waals surface area contributed by atoms with Crippen LogP contribution in [-0.4, -0.2) is 29.3 Å². The molecule has 1 aliphatic heterocycles. The van der Waals surface area contributed by atoms with Crippen LogP contribution in [0.5, 0.6) is 0 Å². The summed E-state index contributed by atoms with van der Waals surface area (Å²) in [6, 6.07) is 10.3. The van der Waals surface area contributed by atoms with Gasteiger partial charge in [0.1, 0.15) is 0 Å². The highest BCUT2D eigenvalue weighted by Gasteiger charge is 2.25. The Balaban J connectivity index is 1.99. The van der Waals surface area contributed by atoms with E-state index >= 15 is 0 Å². The summed E-state index contributed by atoms with van der Waals surface area (Å²) in [6.07, 6.45) is 2.56. The van der Waals surface area contributed by atoms with Crippen molar-refractivity contribution in [3.8, 4) is 0 Å². The second kappa shape index (κ2) is 4.58. The maximum atomic E-state index is 9.82. The van der Waals surface area contributed by atoms with Gasteiger partial charge in [0.25, 0.3) is 0 Å². The number of hydrogen-bond acceptors (Lipinski definition) is 3. The number of hydrogen-bond donors (Lipinski definition) is 1. The van der Waals surface area contributed by atoms with Crippen LogP contribution >= 0.6 is 0 Å². The Hall–Kier alpha value is -1.61. The monoisotopic (exact) mass is 242 g/mol. The molecular weight excluding hydrogens is 224 g/mol. The van der Waals surface area contributed by atoms with Gasteiger partial charge in [0.05, 0.1) is 11.6 Å². The number of piperidine rings is 1. The molecule has 1 fully saturated rings. The molecule has 0 bridgehead atoms. The third-order valence-corrected chi connectivity index (χ3v) is 3.83. The number of aliphatic hydroxyl groups excluding tert-OH is 1. The number of nitrogens with zero attached hydrogens (tertiary/aromatic N) is 2. The van der Waals surface area contributed by atoms with Gasteiger partial charge in [-0.25, -0.2) is 0 Å². The average molecular weight is 242 g/mol. The molecule has 1 aromatic carbocycles. The SMILES string of the molecule is CC1CN(c2ccnc3ccccc23)CCC1O. The minimum Gasteiger partial charge on any atom is -0.393 e. The summed E-state index contributed by atoms with van der Waals surface area (Å²) in [5.74, 6) is 0.325. The molecular formula is C15H18N2O.